The third kappa shape index (κ3) is 6.91. The third-order valence-electron chi connectivity index (χ3n) is 7.56. The van der Waals surface area contributed by atoms with Crippen molar-refractivity contribution in [2.45, 2.75) is 96.9 Å². The van der Waals surface area contributed by atoms with E-state index in [0.29, 0.717) is 23.7 Å². The second-order valence-corrected chi connectivity index (χ2v) is 10.4. The van der Waals surface area contributed by atoms with Gasteiger partial charge in [0.1, 0.15) is 12.2 Å². The Bertz CT molecular complexity index is 827. The number of aliphatic hydroxyl groups excluding tert-OH is 2. The first-order chi connectivity index (χ1) is 16.1. The van der Waals surface area contributed by atoms with Crippen LogP contribution in [0.3, 0.4) is 0 Å². The van der Waals surface area contributed by atoms with Crippen molar-refractivity contribution in [1.82, 2.24) is 0 Å². The van der Waals surface area contributed by atoms with Crippen LogP contribution in [0.25, 0.3) is 0 Å². The van der Waals surface area contributed by atoms with Crippen molar-refractivity contribution in [2.24, 2.45) is 23.7 Å². The summed E-state index contributed by atoms with van der Waals surface area (Å²) < 4.78 is 12.0. The molecule has 10 atom stereocenters. The quantitative estimate of drug-likeness (QED) is 0.428. The normalized spacial score (nSPS) is 39.9. The van der Waals surface area contributed by atoms with E-state index >= 15 is 0 Å². The molecule has 0 amide bonds. The summed E-state index contributed by atoms with van der Waals surface area (Å²) in [5.41, 5.74) is 2.61. The van der Waals surface area contributed by atoms with E-state index in [1.54, 1.807) is 6.08 Å². The number of aliphatic carboxylic acids is 1. The van der Waals surface area contributed by atoms with Crippen LogP contribution in [-0.2, 0) is 14.3 Å². The fourth-order valence-electron chi connectivity index (χ4n) is 5.22. The zero-order valence-electron chi connectivity index (χ0n) is 21.1. The molecule has 0 radical (unpaired) electrons. The molecule has 2 aliphatic heterocycles. The molecular formula is C28H42O6. The molecule has 1 saturated heterocycles. The van der Waals surface area contributed by atoms with Crippen LogP contribution in [-0.4, -0.2) is 57.9 Å². The van der Waals surface area contributed by atoms with Crippen LogP contribution in [0.4, 0.5) is 0 Å². The van der Waals surface area contributed by atoms with Gasteiger partial charge in [-0.05, 0) is 61.5 Å². The molecule has 34 heavy (non-hydrogen) atoms. The molecular weight excluding hydrogens is 432 g/mol. The van der Waals surface area contributed by atoms with Crippen LogP contribution in [0.15, 0.2) is 47.6 Å². The van der Waals surface area contributed by atoms with E-state index in [1.807, 2.05) is 6.08 Å². The Balaban J connectivity index is 1.53. The van der Waals surface area contributed by atoms with Crippen molar-refractivity contribution in [3.8, 4) is 0 Å². The molecule has 2 heterocycles. The maximum Gasteiger partial charge on any atom is 0.305 e. The van der Waals surface area contributed by atoms with Gasteiger partial charge in [-0.2, -0.15) is 0 Å². The lowest BCUT2D eigenvalue weighted by Gasteiger charge is -2.35. The molecule has 190 valence electrons. The minimum absolute atomic E-state index is 0.134. The molecule has 0 bridgehead atoms. The van der Waals surface area contributed by atoms with Gasteiger partial charge in [0.2, 0.25) is 0 Å². The average molecular weight is 475 g/mol. The van der Waals surface area contributed by atoms with Crippen LogP contribution in [0.2, 0.25) is 0 Å². The Morgan fingerprint density at radius 1 is 1.21 bits per heavy atom. The Morgan fingerprint density at radius 2 is 1.91 bits per heavy atom. The molecule has 1 aliphatic carbocycles. The van der Waals surface area contributed by atoms with Crippen molar-refractivity contribution in [3.05, 3.63) is 47.6 Å². The zero-order chi connectivity index (χ0) is 25.0. The number of hydrogen-bond donors (Lipinski definition) is 3. The lowest BCUT2D eigenvalue weighted by Crippen LogP contribution is -2.47. The highest BCUT2D eigenvalue weighted by atomic mass is 16.5. The molecule has 0 aromatic rings. The third-order valence-corrected chi connectivity index (χ3v) is 7.56. The SMILES string of the molecule is CC[C@H]1O[C@@H](/C(C)=C/[C@H](C)/C=C/[C@H]2[C@@H](C)[C@@H]2/C=C/C2O[C@H](CC(=O)O)C[C@H](O)[C@H]2O)CC=C1C. The Morgan fingerprint density at radius 3 is 2.59 bits per heavy atom. The summed E-state index contributed by atoms with van der Waals surface area (Å²) in [5.74, 6) is 0.603. The molecule has 3 rings (SSSR count). The first kappa shape index (κ1) is 26.9. The summed E-state index contributed by atoms with van der Waals surface area (Å²) in [7, 11) is 0. The van der Waals surface area contributed by atoms with Gasteiger partial charge in [0, 0.05) is 6.42 Å². The summed E-state index contributed by atoms with van der Waals surface area (Å²) >= 11 is 0. The van der Waals surface area contributed by atoms with Crippen molar-refractivity contribution in [3.63, 3.8) is 0 Å². The maximum absolute atomic E-state index is 11.0. The van der Waals surface area contributed by atoms with E-state index in [1.165, 1.54) is 11.1 Å². The standard InChI is InChI=1S/C28H42O6/c1-6-24-17(3)8-11-25(34-24)18(4)13-16(2)7-9-21-19(5)22(21)10-12-26-28(32)23(29)14-20(33-26)15-27(30)31/h7-10,12-13,16,19-26,28-29,32H,6,11,14-15H2,1-5H3,(H,30,31)/b9-7+,12-10+,18-13+/t16-,19-,20+,21+,22+,23+,24-,25-,26?,28-/m1/s1. The molecule has 6 nitrogen and oxygen atoms in total. The molecule has 6 heteroatoms. The number of aliphatic hydroxyl groups is 2. The van der Waals surface area contributed by atoms with Crippen molar-refractivity contribution in [2.75, 3.05) is 0 Å². The topological polar surface area (TPSA) is 96.2 Å². The van der Waals surface area contributed by atoms with Gasteiger partial charge in [0.15, 0.2) is 0 Å². The van der Waals surface area contributed by atoms with E-state index in [0.717, 1.165) is 12.8 Å². The average Bonchev–Trinajstić information content (AvgIpc) is 3.40. The number of carbonyl (C=O) groups is 1. The second kappa shape index (κ2) is 11.8. The highest BCUT2D eigenvalue weighted by Gasteiger charge is 2.43. The number of ether oxygens (including phenoxy) is 2. The highest BCUT2D eigenvalue weighted by molar-refractivity contribution is 5.67. The molecule has 0 spiro atoms. The van der Waals surface area contributed by atoms with Crippen molar-refractivity contribution < 1.29 is 29.6 Å². The zero-order valence-corrected chi connectivity index (χ0v) is 21.1. The summed E-state index contributed by atoms with van der Waals surface area (Å²) in [6.07, 6.45) is 11.9. The molecule has 0 aromatic carbocycles. The molecule has 1 saturated carbocycles. The van der Waals surface area contributed by atoms with E-state index in [9.17, 15) is 15.0 Å². The number of carboxylic acid groups (broad SMARTS) is 1. The minimum atomic E-state index is -1.04. The van der Waals surface area contributed by atoms with Crippen molar-refractivity contribution in [1.29, 1.82) is 0 Å². The Kier molecular flexibility index (Phi) is 9.33. The molecule has 3 N–H and O–H groups in total. The van der Waals surface area contributed by atoms with Crippen LogP contribution < -0.4 is 0 Å². The van der Waals surface area contributed by atoms with Crippen LogP contribution >= 0.6 is 0 Å². The fourth-order valence-corrected chi connectivity index (χ4v) is 5.22. The van der Waals surface area contributed by atoms with Gasteiger partial charge in [-0.15, -0.1) is 0 Å². The second-order valence-electron chi connectivity index (χ2n) is 10.4. The van der Waals surface area contributed by atoms with Crippen LogP contribution in [0, 0.1) is 23.7 Å². The summed E-state index contributed by atoms with van der Waals surface area (Å²) in [4.78, 5) is 11.0. The number of carboxylic acids is 1. The van der Waals surface area contributed by atoms with Gasteiger partial charge in [-0.3, -0.25) is 4.79 Å². The monoisotopic (exact) mass is 474 g/mol. The highest BCUT2D eigenvalue weighted by Crippen LogP contribution is 2.48. The smallest absolute Gasteiger partial charge is 0.305 e. The predicted molar refractivity (Wildman–Crippen MR) is 132 cm³/mol. The predicted octanol–water partition coefficient (Wildman–Crippen LogP) is 4.43. The number of rotatable bonds is 9. The number of allylic oxidation sites excluding steroid dienone is 4. The largest absolute Gasteiger partial charge is 0.481 e. The van der Waals surface area contributed by atoms with E-state index in [4.69, 9.17) is 14.6 Å². The Hall–Kier alpha value is -1.73. The summed E-state index contributed by atoms with van der Waals surface area (Å²) in [6.45, 7) is 10.9. The molecule has 1 unspecified atom stereocenters. The van der Waals surface area contributed by atoms with Gasteiger partial charge in [0.05, 0.1) is 30.8 Å². The first-order valence-corrected chi connectivity index (χ1v) is 12.7. The molecule has 2 fully saturated rings. The Labute approximate surface area is 204 Å². The minimum Gasteiger partial charge on any atom is -0.481 e. The first-order valence-electron chi connectivity index (χ1n) is 12.7. The van der Waals surface area contributed by atoms with Crippen LogP contribution in [0.1, 0.15) is 60.3 Å². The lowest BCUT2D eigenvalue weighted by molar-refractivity contribution is -0.163. The van der Waals surface area contributed by atoms with E-state index in [2.05, 4.69) is 58.9 Å². The van der Waals surface area contributed by atoms with Gasteiger partial charge in [0.25, 0.3) is 0 Å². The van der Waals surface area contributed by atoms with Gasteiger partial charge in [-0.25, -0.2) is 0 Å². The van der Waals surface area contributed by atoms with Crippen molar-refractivity contribution >= 4 is 5.97 Å². The number of hydrogen-bond acceptors (Lipinski definition) is 5. The summed E-state index contributed by atoms with van der Waals surface area (Å²) in [5, 5.41) is 29.3. The van der Waals surface area contributed by atoms with Gasteiger partial charge >= 0.3 is 5.97 Å². The maximum atomic E-state index is 11.0. The fraction of sp³-hybridized carbons (Fsp3) is 0.679. The van der Waals surface area contributed by atoms with Crippen LogP contribution in [0.5, 0.6) is 0 Å². The van der Waals surface area contributed by atoms with E-state index in [-0.39, 0.29) is 25.0 Å². The van der Waals surface area contributed by atoms with E-state index < -0.39 is 30.4 Å². The summed E-state index contributed by atoms with van der Waals surface area (Å²) in [6, 6.07) is 0. The lowest BCUT2D eigenvalue weighted by atomic mass is 9.95. The van der Waals surface area contributed by atoms with Gasteiger partial charge < -0.3 is 24.8 Å². The van der Waals surface area contributed by atoms with Gasteiger partial charge in [-0.1, -0.05) is 57.2 Å². The molecule has 3 aliphatic rings. The molecule has 0 aromatic heterocycles.